The average molecular weight is 746 g/mol. The van der Waals surface area contributed by atoms with Crippen molar-refractivity contribution in [2.45, 2.75) is 63.6 Å². The molecule has 2 amide bonds. The highest BCUT2D eigenvalue weighted by Gasteiger charge is 2.41. The summed E-state index contributed by atoms with van der Waals surface area (Å²) in [7, 11) is 0. The van der Waals surface area contributed by atoms with E-state index in [-0.39, 0.29) is 30.8 Å². The Bertz CT molecular complexity index is 1970. The van der Waals surface area contributed by atoms with Crippen LogP contribution in [0.15, 0.2) is 127 Å². The van der Waals surface area contributed by atoms with E-state index in [9.17, 15) is 15.0 Å². The van der Waals surface area contributed by atoms with Crippen molar-refractivity contribution in [3.63, 3.8) is 0 Å². The Kier molecular flexibility index (Phi) is 12.1. The lowest BCUT2D eigenvalue weighted by Crippen LogP contribution is -2.49. The fourth-order valence-corrected chi connectivity index (χ4v) is 7.58. The number of halogens is 1. The molecule has 0 unspecified atom stereocenters. The fraction of sp³-hybridized carbons (Fsp3) is 0.311. The molecule has 0 aliphatic carbocycles. The maximum absolute atomic E-state index is 12.4. The van der Waals surface area contributed by atoms with Gasteiger partial charge in [-0.2, -0.15) is 0 Å². The molecule has 4 atom stereocenters. The third-order valence-electron chi connectivity index (χ3n) is 10.8. The molecule has 2 aliphatic heterocycles. The molecule has 2 fully saturated rings. The van der Waals surface area contributed by atoms with Gasteiger partial charge in [-0.05, 0) is 70.0 Å². The van der Waals surface area contributed by atoms with E-state index in [2.05, 4.69) is 58.9 Å². The zero-order chi connectivity index (χ0) is 37.5. The van der Waals surface area contributed by atoms with Crippen LogP contribution in [0.2, 0.25) is 5.02 Å². The smallest absolute Gasteiger partial charge is 0.315 e. The van der Waals surface area contributed by atoms with Crippen molar-refractivity contribution in [1.29, 1.82) is 0 Å². The number of rotatable bonds is 11. The van der Waals surface area contributed by atoms with E-state index < -0.39 is 11.9 Å². The summed E-state index contributed by atoms with van der Waals surface area (Å²) in [5.41, 5.74) is 7.00. The van der Waals surface area contributed by atoms with E-state index in [0.29, 0.717) is 37.5 Å². The molecule has 0 saturated carbocycles. The second-order valence-corrected chi connectivity index (χ2v) is 14.9. The number of benzene rings is 5. The molecule has 54 heavy (non-hydrogen) atoms. The van der Waals surface area contributed by atoms with Crippen LogP contribution in [0.3, 0.4) is 0 Å². The number of piperidine rings is 1. The highest BCUT2D eigenvalue weighted by Crippen LogP contribution is 2.43. The summed E-state index contributed by atoms with van der Waals surface area (Å²) in [6.07, 6.45) is 0.334. The van der Waals surface area contributed by atoms with Gasteiger partial charge >= 0.3 is 6.03 Å². The molecule has 0 aromatic heterocycles. The van der Waals surface area contributed by atoms with Crippen LogP contribution in [0.25, 0.3) is 11.1 Å². The standard InChI is InChI=1S/C45H48ClN3O5/c1-31-41(29-49-24-22-45(52,23-25-49)39-18-20-40(46)21-19-39)53-43(54-42(31)36-12-10-33(30-50)11-13-36)37-16-14-35(15-17-37)38-9-5-8-34(26-38)28-48-44(51)47-27-32-6-3-2-4-7-32/h2-21,26,31,41-43,50,52H,22-25,27-30H2,1H3,(H2,47,48,51)/t31-,41+,42+,43+/m1/s1. The number of aliphatic hydroxyl groups excluding tert-OH is 1. The number of aliphatic hydroxyl groups is 2. The Morgan fingerprint density at radius 1 is 0.759 bits per heavy atom. The zero-order valence-corrected chi connectivity index (χ0v) is 31.3. The number of carbonyl (C=O) groups excluding carboxylic acids is 1. The van der Waals surface area contributed by atoms with E-state index in [1.165, 1.54) is 0 Å². The van der Waals surface area contributed by atoms with Crippen molar-refractivity contribution in [3.05, 3.63) is 166 Å². The molecule has 2 aliphatic rings. The largest absolute Gasteiger partial charge is 0.392 e. The molecule has 280 valence electrons. The summed E-state index contributed by atoms with van der Waals surface area (Å²) in [5.74, 6) is 0.0503. The van der Waals surface area contributed by atoms with Crippen LogP contribution in [0.1, 0.15) is 65.5 Å². The maximum Gasteiger partial charge on any atom is 0.315 e. The number of nitrogens with one attached hydrogen (secondary N) is 2. The molecule has 4 N–H and O–H groups in total. The number of urea groups is 1. The van der Waals surface area contributed by atoms with Crippen LogP contribution in [0.5, 0.6) is 0 Å². The number of likely N-dealkylation sites (tertiary alicyclic amines) is 1. The Hall–Kier alpha value is -4.54. The minimum Gasteiger partial charge on any atom is -0.392 e. The number of hydrogen-bond acceptors (Lipinski definition) is 6. The summed E-state index contributed by atoms with van der Waals surface area (Å²) < 4.78 is 13.5. The molecule has 9 heteroatoms. The molecular weight excluding hydrogens is 698 g/mol. The van der Waals surface area contributed by atoms with Gasteiger partial charge in [0.05, 0.1) is 24.4 Å². The van der Waals surface area contributed by atoms with Crippen molar-refractivity contribution in [3.8, 4) is 11.1 Å². The van der Waals surface area contributed by atoms with Crippen LogP contribution >= 0.6 is 11.6 Å². The predicted octanol–water partition coefficient (Wildman–Crippen LogP) is 8.27. The Labute approximate surface area is 322 Å². The first-order valence-corrected chi connectivity index (χ1v) is 19.1. The van der Waals surface area contributed by atoms with Gasteiger partial charge in [0, 0.05) is 49.2 Å². The van der Waals surface area contributed by atoms with Crippen molar-refractivity contribution >= 4 is 17.6 Å². The van der Waals surface area contributed by atoms with Crippen molar-refractivity contribution in [2.24, 2.45) is 5.92 Å². The van der Waals surface area contributed by atoms with Crippen LogP contribution in [-0.2, 0) is 34.8 Å². The lowest BCUT2D eigenvalue weighted by Gasteiger charge is -2.45. The van der Waals surface area contributed by atoms with Gasteiger partial charge in [0.1, 0.15) is 0 Å². The van der Waals surface area contributed by atoms with Crippen molar-refractivity contribution < 1.29 is 24.5 Å². The van der Waals surface area contributed by atoms with Crippen LogP contribution in [0.4, 0.5) is 4.79 Å². The predicted molar refractivity (Wildman–Crippen MR) is 211 cm³/mol. The number of ether oxygens (including phenoxy) is 2. The van der Waals surface area contributed by atoms with E-state index in [4.69, 9.17) is 21.1 Å². The Morgan fingerprint density at radius 3 is 2.09 bits per heavy atom. The van der Waals surface area contributed by atoms with Crippen LogP contribution < -0.4 is 10.6 Å². The third kappa shape index (κ3) is 9.21. The van der Waals surface area contributed by atoms with Gasteiger partial charge in [0.2, 0.25) is 0 Å². The molecule has 0 radical (unpaired) electrons. The zero-order valence-electron chi connectivity index (χ0n) is 30.5. The molecule has 7 rings (SSSR count). The second-order valence-electron chi connectivity index (χ2n) is 14.5. The number of carbonyl (C=O) groups is 1. The van der Waals surface area contributed by atoms with E-state index >= 15 is 0 Å². The summed E-state index contributed by atoms with van der Waals surface area (Å²) in [6.45, 7) is 5.25. The molecule has 0 spiro atoms. The normalized spacial score (nSPS) is 21.3. The van der Waals surface area contributed by atoms with Gasteiger partial charge in [-0.25, -0.2) is 4.79 Å². The minimum atomic E-state index is -0.877. The van der Waals surface area contributed by atoms with Gasteiger partial charge < -0.3 is 35.2 Å². The Morgan fingerprint density at radius 2 is 1.41 bits per heavy atom. The lowest BCUT2D eigenvalue weighted by molar-refractivity contribution is -0.277. The fourth-order valence-electron chi connectivity index (χ4n) is 7.45. The molecule has 5 aromatic rings. The maximum atomic E-state index is 12.4. The quantitative estimate of drug-likeness (QED) is 0.109. The van der Waals surface area contributed by atoms with E-state index in [0.717, 1.165) is 57.6 Å². The number of amides is 2. The molecular formula is C45H48ClN3O5. The SMILES string of the molecule is C[C@@H]1[C@H](CN2CCC(O)(c3ccc(Cl)cc3)CC2)O[C@H](c2ccc(-c3cccc(CNC(=O)NCc4ccccc4)c3)cc2)O[C@@H]1c1ccc(CO)cc1. The van der Waals surface area contributed by atoms with Gasteiger partial charge in [-0.1, -0.05) is 128 Å². The minimum absolute atomic E-state index is 0.0110. The first-order chi connectivity index (χ1) is 26.3. The first-order valence-electron chi connectivity index (χ1n) is 18.7. The third-order valence-corrected chi connectivity index (χ3v) is 11.1. The molecule has 0 bridgehead atoms. The van der Waals surface area contributed by atoms with E-state index in [1.807, 2.05) is 91.0 Å². The topological polar surface area (TPSA) is 103 Å². The second kappa shape index (κ2) is 17.3. The monoisotopic (exact) mass is 745 g/mol. The molecule has 5 aromatic carbocycles. The van der Waals surface area contributed by atoms with Crippen molar-refractivity contribution in [1.82, 2.24) is 15.5 Å². The van der Waals surface area contributed by atoms with Gasteiger partial charge in [0.15, 0.2) is 6.29 Å². The molecule has 2 saturated heterocycles. The number of nitrogens with zero attached hydrogens (tertiary/aromatic N) is 1. The number of hydrogen-bond donors (Lipinski definition) is 4. The van der Waals surface area contributed by atoms with Gasteiger partial charge in [-0.15, -0.1) is 0 Å². The highest BCUT2D eigenvalue weighted by atomic mass is 35.5. The van der Waals surface area contributed by atoms with Crippen molar-refractivity contribution in [2.75, 3.05) is 19.6 Å². The summed E-state index contributed by atoms with van der Waals surface area (Å²) in [6, 6.07) is 41.6. The highest BCUT2D eigenvalue weighted by molar-refractivity contribution is 6.30. The van der Waals surface area contributed by atoms with Gasteiger partial charge in [-0.3, -0.25) is 0 Å². The molecule has 8 nitrogen and oxygen atoms in total. The van der Waals surface area contributed by atoms with Crippen LogP contribution in [0, 0.1) is 5.92 Å². The average Bonchev–Trinajstić information content (AvgIpc) is 3.22. The summed E-state index contributed by atoms with van der Waals surface area (Å²) >= 11 is 6.11. The lowest BCUT2D eigenvalue weighted by atomic mass is 9.84. The van der Waals surface area contributed by atoms with Gasteiger partial charge in [0.25, 0.3) is 0 Å². The van der Waals surface area contributed by atoms with E-state index in [1.54, 1.807) is 0 Å². The van der Waals surface area contributed by atoms with Crippen LogP contribution in [-0.4, -0.2) is 46.9 Å². The summed E-state index contributed by atoms with van der Waals surface area (Å²) in [4.78, 5) is 14.8. The Balaban J connectivity index is 1.02. The summed E-state index contributed by atoms with van der Waals surface area (Å²) in [5, 5.41) is 27.7. The first kappa shape index (κ1) is 37.8. The molecule has 2 heterocycles.